The van der Waals surface area contributed by atoms with Crippen molar-refractivity contribution in [2.75, 3.05) is 5.32 Å². The predicted octanol–water partition coefficient (Wildman–Crippen LogP) is 4.23. The zero-order valence-corrected chi connectivity index (χ0v) is 17.0. The number of pyridine rings is 1. The smallest absolute Gasteiger partial charge is 0.256 e. The predicted molar refractivity (Wildman–Crippen MR) is 114 cm³/mol. The molecule has 0 fully saturated rings. The van der Waals surface area contributed by atoms with Gasteiger partial charge in [-0.25, -0.2) is 14.1 Å². The van der Waals surface area contributed by atoms with Gasteiger partial charge in [0.15, 0.2) is 5.65 Å². The summed E-state index contributed by atoms with van der Waals surface area (Å²) >= 11 is 1.50. The number of nitrogens with one attached hydrogen (secondary N) is 1. The highest BCUT2D eigenvalue weighted by molar-refractivity contribution is 7.13. The highest BCUT2D eigenvalue weighted by Crippen LogP contribution is 2.29. The van der Waals surface area contributed by atoms with E-state index in [-0.39, 0.29) is 17.3 Å². The molecule has 0 spiro atoms. The first-order valence-electron chi connectivity index (χ1n) is 9.18. The number of nitrogens with zero attached hydrogens (tertiary/aromatic N) is 3. The SMILES string of the molecule is CC(C)n1ncc2c(C(=O)Nc3cc(C(N)=O)ccc3F)cc(-c3cccs3)nc21. The monoisotopic (exact) mass is 423 g/mol. The molecule has 9 heteroatoms. The highest BCUT2D eigenvalue weighted by Gasteiger charge is 2.20. The van der Waals surface area contributed by atoms with Gasteiger partial charge in [-0.2, -0.15) is 5.10 Å². The fourth-order valence-electron chi connectivity index (χ4n) is 3.10. The molecule has 4 rings (SSSR count). The van der Waals surface area contributed by atoms with Crippen LogP contribution in [0.2, 0.25) is 0 Å². The van der Waals surface area contributed by atoms with Crippen molar-refractivity contribution in [1.82, 2.24) is 14.8 Å². The third-order valence-electron chi connectivity index (χ3n) is 4.57. The van der Waals surface area contributed by atoms with Crippen LogP contribution in [0.3, 0.4) is 0 Å². The molecule has 0 aliphatic heterocycles. The molecule has 0 radical (unpaired) electrons. The van der Waals surface area contributed by atoms with Gasteiger partial charge in [-0.3, -0.25) is 9.59 Å². The number of benzene rings is 1. The molecule has 4 aromatic rings. The summed E-state index contributed by atoms with van der Waals surface area (Å²) in [6.07, 6.45) is 1.58. The minimum atomic E-state index is -0.713. The number of amides is 2. The van der Waals surface area contributed by atoms with E-state index in [4.69, 9.17) is 10.7 Å². The van der Waals surface area contributed by atoms with Gasteiger partial charge >= 0.3 is 0 Å². The lowest BCUT2D eigenvalue weighted by Crippen LogP contribution is -2.16. The zero-order valence-electron chi connectivity index (χ0n) is 16.2. The van der Waals surface area contributed by atoms with Gasteiger partial charge in [-0.05, 0) is 49.6 Å². The van der Waals surface area contributed by atoms with Gasteiger partial charge in [0, 0.05) is 11.6 Å². The van der Waals surface area contributed by atoms with Crippen LogP contribution in [-0.2, 0) is 0 Å². The van der Waals surface area contributed by atoms with Crippen LogP contribution in [-0.4, -0.2) is 26.6 Å². The summed E-state index contributed by atoms with van der Waals surface area (Å²) in [7, 11) is 0. The second-order valence-corrected chi connectivity index (χ2v) is 7.91. The molecule has 152 valence electrons. The molecule has 0 unspecified atom stereocenters. The number of fused-ring (bicyclic) bond motifs is 1. The maximum atomic E-state index is 14.2. The minimum absolute atomic E-state index is 0.0363. The molecule has 0 aliphatic rings. The Morgan fingerprint density at radius 1 is 1.23 bits per heavy atom. The Morgan fingerprint density at radius 2 is 2.03 bits per heavy atom. The average molecular weight is 423 g/mol. The first-order chi connectivity index (χ1) is 14.3. The quantitative estimate of drug-likeness (QED) is 0.501. The van der Waals surface area contributed by atoms with E-state index in [1.165, 1.54) is 23.5 Å². The molecule has 2 amide bonds. The van der Waals surface area contributed by atoms with E-state index in [1.807, 2.05) is 31.4 Å². The van der Waals surface area contributed by atoms with E-state index >= 15 is 0 Å². The van der Waals surface area contributed by atoms with E-state index < -0.39 is 17.6 Å². The Labute approximate surface area is 175 Å². The highest BCUT2D eigenvalue weighted by atomic mass is 32.1. The number of halogens is 1. The van der Waals surface area contributed by atoms with Crippen molar-refractivity contribution in [2.24, 2.45) is 5.73 Å². The molecule has 30 heavy (non-hydrogen) atoms. The standard InChI is InChI=1S/C21H18FN5O2S/c1-11(2)27-20-14(10-24-27)13(9-17(25-20)18-4-3-7-30-18)21(29)26-16-8-12(19(23)28)5-6-15(16)22/h3-11H,1-2H3,(H2,23,28)(H,26,29). The molecule has 3 heterocycles. The largest absolute Gasteiger partial charge is 0.366 e. The fraction of sp³-hybridized carbons (Fsp3) is 0.143. The van der Waals surface area contributed by atoms with Gasteiger partial charge in [0.1, 0.15) is 5.82 Å². The molecule has 0 bridgehead atoms. The van der Waals surface area contributed by atoms with E-state index in [0.29, 0.717) is 22.3 Å². The average Bonchev–Trinajstić information content (AvgIpc) is 3.38. The number of aromatic nitrogens is 3. The molecule has 7 nitrogen and oxygen atoms in total. The molecule has 0 saturated carbocycles. The van der Waals surface area contributed by atoms with Gasteiger partial charge in [-0.15, -0.1) is 11.3 Å². The second kappa shape index (κ2) is 7.68. The summed E-state index contributed by atoms with van der Waals surface area (Å²) in [6.45, 7) is 3.94. The number of anilines is 1. The Balaban J connectivity index is 1.83. The molecular weight excluding hydrogens is 405 g/mol. The lowest BCUT2D eigenvalue weighted by atomic mass is 10.1. The minimum Gasteiger partial charge on any atom is -0.366 e. The number of hydrogen-bond donors (Lipinski definition) is 2. The van der Waals surface area contributed by atoms with Gasteiger partial charge in [0.05, 0.1) is 33.4 Å². The van der Waals surface area contributed by atoms with E-state index in [9.17, 15) is 14.0 Å². The van der Waals surface area contributed by atoms with Crippen molar-refractivity contribution in [3.8, 4) is 10.6 Å². The zero-order chi connectivity index (χ0) is 21.4. The number of nitrogens with two attached hydrogens (primary N) is 1. The van der Waals surface area contributed by atoms with Crippen LogP contribution in [0, 0.1) is 5.82 Å². The number of thiophene rings is 1. The third-order valence-corrected chi connectivity index (χ3v) is 5.47. The summed E-state index contributed by atoms with van der Waals surface area (Å²) < 4.78 is 16.0. The number of carbonyl (C=O) groups excluding carboxylic acids is 2. The number of primary amides is 1. The molecular formula is C21H18FN5O2S. The van der Waals surface area contributed by atoms with Gasteiger partial charge in [-0.1, -0.05) is 6.07 Å². The van der Waals surface area contributed by atoms with Crippen LogP contribution in [0.4, 0.5) is 10.1 Å². The number of carbonyl (C=O) groups is 2. The summed E-state index contributed by atoms with van der Waals surface area (Å²) in [5.74, 6) is -1.92. The van der Waals surface area contributed by atoms with Gasteiger partial charge in [0.25, 0.3) is 5.91 Å². The normalized spacial score (nSPS) is 11.2. The molecule has 0 saturated heterocycles. The van der Waals surface area contributed by atoms with Crippen molar-refractivity contribution in [3.63, 3.8) is 0 Å². The lowest BCUT2D eigenvalue weighted by molar-refractivity contribution is 0.0996. The lowest BCUT2D eigenvalue weighted by Gasteiger charge is -2.11. The first kappa shape index (κ1) is 19.7. The van der Waals surface area contributed by atoms with Crippen LogP contribution >= 0.6 is 11.3 Å². The van der Waals surface area contributed by atoms with Crippen molar-refractivity contribution >= 4 is 39.9 Å². The molecule has 3 N–H and O–H groups in total. The molecule has 0 atom stereocenters. The maximum Gasteiger partial charge on any atom is 0.256 e. The first-order valence-corrected chi connectivity index (χ1v) is 10.1. The Morgan fingerprint density at radius 3 is 2.70 bits per heavy atom. The van der Waals surface area contributed by atoms with Crippen molar-refractivity contribution in [2.45, 2.75) is 19.9 Å². The van der Waals surface area contributed by atoms with Crippen LogP contribution in [0.15, 0.2) is 48.0 Å². The summed E-state index contributed by atoms with van der Waals surface area (Å²) in [5.41, 5.74) is 6.72. The molecule has 0 aliphatic carbocycles. The van der Waals surface area contributed by atoms with Crippen LogP contribution in [0.25, 0.3) is 21.6 Å². The van der Waals surface area contributed by atoms with Crippen molar-refractivity contribution in [1.29, 1.82) is 0 Å². The second-order valence-electron chi connectivity index (χ2n) is 6.97. The third kappa shape index (κ3) is 3.55. The fourth-order valence-corrected chi connectivity index (χ4v) is 3.78. The Hall–Kier alpha value is -3.59. The van der Waals surface area contributed by atoms with Crippen molar-refractivity contribution < 1.29 is 14.0 Å². The topological polar surface area (TPSA) is 103 Å². The van der Waals surface area contributed by atoms with Gasteiger partial charge < -0.3 is 11.1 Å². The van der Waals surface area contributed by atoms with E-state index in [2.05, 4.69) is 10.4 Å². The number of rotatable bonds is 5. The summed E-state index contributed by atoms with van der Waals surface area (Å²) in [6, 6.07) is 9.07. The summed E-state index contributed by atoms with van der Waals surface area (Å²) in [4.78, 5) is 30.1. The van der Waals surface area contributed by atoms with Crippen molar-refractivity contribution in [3.05, 3.63) is 64.9 Å². The van der Waals surface area contributed by atoms with Gasteiger partial charge in [0.2, 0.25) is 5.91 Å². The van der Waals surface area contributed by atoms with E-state index in [0.717, 1.165) is 10.9 Å². The summed E-state index contributed by atoms with van der Waals surface area (Å²) in [5, 5.41) is 9.38. The maximum absolute atomic E-state index is 14.2. The number of hydrogen-bond acceptors (Lipinski definition) is 5. The van der Waals surface area contributed by atoms with Crippen LogP contribution < -0.4 is 11.1 Å². The molecule has 3 aromatic heterocycles. The Bertz CT molecular complexity index is 1260. The van der Waals surface area contributed by atoms with Crippen LogP contribution in [0.5, 0.6) is 0 Å². The Kier molecular flexibility index (Phi) is 5.04. The van der Waals surface area contributed by atoms with Crippen LogP contribution in [0.1, 0.15) is 40.6 Å². The van der Waals surface area contributed by atoms with E-state index in [1.54, 1.807) is 16.9 Å². The molecule has 1 aromatic carbocycles.